The second-order valence-electron chi connectivity index (χ2n) is 10.9. The smallest absolute Gasteiger partial charge is 0.331 e. The van der Waals surface area contributed by atoms with Crippen molar-refractivity contribution in [2.45, 2.75) is 45.6 Å². The first kappa shape index (κ1) is 34.0. The fourth-order valence-electron chi connectivity index (χ4n) is 5.49. The van der Waals surface area contributed by atoms with Crippen LogP contribution in [0.1, 0.15) is 36.1 Å². The molecule has 240 valence electrons. The number of likely N-dealkylation sites (tertiary alicyclic amines) is 1. The molecule has 0 spiro atoms. The predicted octanol–water partition coefficient (Wildman–Crippen LogP) is 6.36. The average Bonchev–Trinajstić information content (AvgIpc) is 3.77. The molecule has 3 aliphatic rings. The summed E-state index contributed by atoms with van der Waals surface area (Å²) in [6, 6.07) is 17.3. The van der Waals surface area contributed by atoms with Gasteiger partial charge in [-0.15, -0.1) is 24.2 Å². The number of terminal acetylenes is 1. The van der Waals surface area contributed by atoms with Crippen LogP contribution in [-0.2, 0) is 9.59 Å². The number of rotatable bonds is 6. The molecule has 4 aromatic rings. The highest BCUT2D eigenvalue weighted by molar-refractivity contribution is 7.19. The van der Waals surface area contributed by atoms with Gasteiger partial charge in [-0.3, -0.25) is 14.5 Å². The van der Waals surface area contributed by atoms with Crippen LogP contribution < -0.4 is 25.6 Å². The average molecular weight is 641 g/mol. The number of piperidine rings is 1. The van der Waals surface area contributed by atoms with Gasteiger partial charge in [0.1, 0.15) is 16.3 Å². The number of hydrogen-bond donors (Lipinski definition) is 3. The van der Waals surface area contributed by atoms with E-state index in [0.717, 1.165) is 75.0 Å². The zero-order chi connectivity index (χ0) is 32.9. The maximum absolute atomic E-state index is 12.9. The molecule has 46 heavy (non-hydrogen) atoms. The minimum atomic E-state index is -0.165. The number of carbonyl (C=O) groups is 3. The molecule has 5 heterocycles. The monoisotopic (exact) mass is 640 g/mol. The Balaban J connectivity index is 0.000000219. The first-order valence-electron chi connectivity index (χ1n) is 15.2. The van der Waals surface area contributed by atoms with E-state index in [2.05, 4.69) is 33.8 Å². The molecule has 10 nitrogen and oxygen atoms in total. The Morgan fingerprint density at radius 2 is 1.76 bits per heavy atom. The second kappa shape index (κ2) is 17.0. The van der Waals surface area contributed by atoms with E-state index >= 15 is 0 Å². The molecule has 3 aliphatic heterocycles. The Kier molecular flexibility index (Phi) is 12.5. The minimum Gasteiger partial charge on any atom is -0.457 e. The lowest BCUT2D eigenvalue weighted by atomic mass is 10.1. The van der Waals surface area contributed by atoms with Crippen LogP contribution in [0.25, 0.3) is 10.2 Å². The van der Waals surface area contributed by atoms with Gasteiger partial charge in [0.2, 0.25) is 12.8 Å². The Labute approximate surface area is 274 Å². The van der Waals surface area contributed by atoms with Crippen LogP contribution in [0.3, 0.4) is 0 Å². The molecule has 2 aromatic carbocycles. The maximum Gasteiger partial charge on any atom is 0.331 e. The molecule has 7 rings (SSSR count). The highest BCUT2D eigenvalue weighted by Gasteiger charge is 2.30. The number of urea groups is 1. The number of amides is 4. The summed E-state index contributed by atoms with van der Waals surface area (Å²) in [6.07, 6.45) is 16.0. The normalized spacial score (nSPS) is 16.3. The zero-order valence-corrected chi connectivity index (χ0v) is 27.0. The molecule has 0 aliphatic carbocycles. The van der Waals surface area contributed by atoms with Gasteiger partial charge in [0.05, 0.1) is 22.4 Å². The van der Waals surface area contributed by atoms with Crippen LogP contribution in [-0.4, -0.2) is 61.0 Å². The van der Waals surface area contributed by atoms with E-state index in [1.54, 1.807) is 27.3 Å². The summed E-state index contributed by atoms with van der Waals surface area (Å²) in [5.41, 5.74) is 3.49. The number of aromatic nitrogens is 1. The number of ether oxygens (including phenoxy) is 1. The standard InChI is InChI=1S/C22H17N3O2S.C7H12N2O2.C4H9N.C2H2/c1-13-12-16(27-15-6-4-3-5-7-15)8-9-17(13)25-18-10-11-23-21-19(18)20(14(2)28-21)24-22(25)26;10-5-8-7-2-1-3-9(4-7)6-11;1-2-4-5-3-1;1-2/h3-12H,1-2H3,(H,24,26);5-7H,1-4H2,(H,8,10);5H,1-4H2;1-2H. The van der Waals surface area contributed by atoms with Gasteiger partial charge in [-0.05, 0) is 94.6 Å². The number of pyridine rings is 1. The number of carbonyl (C=O) groups excluding carboxylic acids is 3. The van der Waals surface area contributed by atoms with Crippen molar-refractivity contribution in [2.24, 2.45) is 0 Å². The molecule has 0 saturated carbocycles. The van der Waals surface area contributed by atoms with Crippen LogP contribution in [0.5, 0.6) is 11.5 Å². The lowest BCUT2D eigenvalue weighted by molar-refractivity contribution is -0.120. The second-order valence-corrected chi connectivity index (χ2v) is 12.1. The van der Waals surface area contributed by atoms with E-state index in [0.29, 0.717) is 13.0 Å². The van der Waals surface area contributed by atoms with Crippen molar-refractivity contribution in [1.29, 1.82) is 0 Å². The van der Waals surface area contributed by atoms with Crippen LogP contribution in [0.2, 0.25) is 0 Å². The number of nitrogens with zero attached hydrogens (tertiary/aromatic N) is 3. The van der Waals surface area contributed by atoms with Crippen molar-refractivity contribution < 1.29 is 19.1 Å². The Morgan fingerprint density at radius 3 is 2.41 bits per heavy atom. The molecule has 11 heteroatoms. The molecule has 1 unspecified atom stereocenters. The summed E-state index contributed by atoms with van der Waals surface area (Å²) >= 11 is 1.59. The van der Waals surface area contributed by atoms with Gasteiger partial charge in [0.25, 0.3) is 0 Å². The Hall–Kier alpha value is -4.92. The van der Waals surface area contributed by atoms with Gasteiger partial charge in [0.15, 0.2) is 0 Å². The van der Waals surface area contributed by atoms with E-state index in [-0.39, 0.29) is 12.1 Å². The predicted molar refractivity (Wildman–Crippen MR) is 185 cm³/mol. The molecule has 4 amide bonds. The molecule has 3 N–H and O–H groups in total. The van der Waals surface area contributed by atoms with Crippen molar-refractivity contribution >= 4 is 57.5 Å². The van der Waals surface area contributed by atoms with E-state index in [1.165, 1.54) is 25.9 Å². The van der Waals surface area contributed by atoms with Crippen LogP contribution in [0.15, 0.2) is 60.8 Å². The van der Waals surface area contributed by atoms with Gasteiger partial charge in [-0.2, -0.15) is 0 Å². The van der Waals surface area contributed by atoms with Crippen molar-refractivity contribution in [1.82, 2.24) is 20.5 Å². The molecular weight excluding hydrogens is 600 g/mol. The number of thiophene rings is 1. The van der Waals surface area contributed by atoms with Crippen molar-refractivity contribution in [3.05, 3.63) is 71.2 Å². The topological polar surface area (TPSA) is 116 Å². The number of anilines is 3. The van der Waals surface area contributed by atoms with E-state index in [4.69, 9.17) is 4.74 Å². The van der Waals surface area contributed by atoms with E-state index < -0.39 is 0 Å². The summed E-state index contributed by atoms with van der Waals surface area (Å²) in [4.78, 5) is 43.2. The third kappa shape index (κ3) is 8.41. The molecule has 2 saturated heterocycles. The van der Waals surface area contributed by atoms with Crippen molar-refractivity contribution in [3.63, 3.8) is 0 Å². The Bertz CT molecular complexity index is 1630. The molecule has 2 aromatic heterocycles. The molecule has 1 atom stereocenters. The maximum atomic E-state index is 12.9. The highest BCUT2D eigenvalue weighted by atomic mass is 32.1. The number of nitrogens with one attached hydrogen (secondary N) is 3. The SMILES string of the molecule is C#C.C1CCNC1.Cc1cc(Oc2ccccc2)ccc1N1C(=O)Nc2c(C)sc3nccc1c23.O=CNC1CCCN(C=O)C1. The third-order valence-corrected chi connectivity index (χ3v) is 8.69. The largest absolute Gasteiger partial charge is 0.457 e. The summed E-state index contributed by atoms with van der Waals surface area (Å²) < 4.78 is 5.92. The number of para-hydroxylation sites is 1. The quantitative estimate of drug-likeness (QED) is 0.167. The molecular formula is C35H40N6O4S. The lowest BCUT2D eigenvalue weighted by Crippen LogP contribution is -2.44. The molecule has 0 radical (unpaired) electrons. The lowest BCUT2D eigenvalue weighted by Gasteiger charge is -2.29. The first-order valence-corrected chi connectivity index (χ1v) is 16.1. The zero-order valence-electron chi connectivity index (χ0n) is 26.2. The summed E-state index contributed by atoms with van der Waals surface area (Å²) in [5.74, 6) is 1.51. The third-order valence-electron chi connectivity index (χ3n) is 7.67. The van der Waals surface area contributed by atoms with Crippen LogP contribution in [0.4, 0.5) is 21.9 Å². The first-order chi connectivity index (χ1) is 22.5. The van der Waals surface area contributed by atoms with Crippen molar-refractivity contribution in [3.8, 4) is 24.3 Å². The summed E-state index contributed by atoms with van der Waals surface area (Å²) in [6.45, 7) is 7.96. The number of aryl methyl sites for hydroxylation is 2. The van der Waals surface area contributed by atoms with Crippen LogP contribution in [0, 0.1) is 26.7 Å². The van der Waals surface area contributed by atoms with Gasteiger partial charge in [-0.25, -0.2) is 9.78 Å². The van der Waals surface area contributed by atoms with Gasteiger partial charge in [-0.1, -0.05) is 18.2 Å². The van der Waals surface area contributed by atoms with Crippen molar-refractivity contribution in [2.75, 3.05) is 36.4 Å². The fourth-order valence-corrected chi connectivity index (χ4v) is 6.46. The number of hydrogen-bond acceptors (Lipinski definition) is 7. The van der Waals surface area contributed by atoms with E-state index in [1.807, 2.05) is 68.4 Å². The minimum absolute atomic E-state index is 0.159. The fraction of sp³-hybridized carbons (Fsp3) is 0.314. The summed E-state index contributed by atoms with van der Waals surface area (Å²) in [5, 5.41) is 9.91. The highest BCUT2D eigenvalue weighted by Crippen LogP contribution is 2.46. The summed E-state index contributed by atoms with van der Waals surface area (Å²) in [7, 11) is 0. The number of benzene rings is 2. The van der Waals surface area contributed by atoms with Crippen LogP contribution >= 0.6 is 11.3 Å². The van der Waals surface area contributed by atoms with Gasteiger partial charge >= 0.3 is 6.03 Å². The van der Waals surface area contributed by atoms with E-state index in [9.17, 15) is 14.4 Å². The van der Waals surface area contributed by atoms with Gasteiger partial charge < -0.3 is 25.6 Å². The van der Waals surface area contributed by atoms with Gasteiger partial charge in [0, 0.05) is 30.2 Å². The molecule has 0 bridgehead atoms. The Morgan fingerprint density at radius 1 is 1.00 bits per heavy atom. The molecule has 2 fully saturated rings.